The van der Waals surface area contributed by atoms with Crippen molar-refractivity contribution in [2.45, 2.75) is 20.3 Å². The minimum Gasteiger partial charge on any atom is -0.496 e. The van der Waals surface area contributed by atoms with E-state index in [1.165, 1.54) is 0 Å². The lowest BCUT2D eigenvalue weighted by Crippen LogP contribution is -2.07. The van der Waals surface area contributed by atoms with E-state index in [4.69, 9.17) is 16.3 Å². The molecular weight excluding hydrogens is 291 g/mol. The summed E-state index contributed by atoms with van der Waals surface area (Å²) in [5.41, 5.74) is 2.48. The lowest BCUT2D eigenvalue weighted by atomic mass is 9.99. The van der Waals surface area contributed by atoms with Gasteiger partial charge in [0.25, 0.3) is 0 Å². The van der Waals surface area contributed by atoms with Crippen molar-refractivity contribution >= 4 is 33.3 Å². The number of carbonyl (C=O) groups is 1. The van der Waals surface area contributed by atoms with Gasteiger partial charge >= 0.3 is 0 Å². The SMILES string of the molecule is COc1c(C)cc(Br)c(C)c1C(=O)CCCl. The van der Waals surface area contributed by atoms with Gasteiger partial charge in [-0.05, 0) is 31.0 Å². The number of hydrogen-bond acceptors (Lipinski definition) is 2. The first kappa shape index (κ1) is 13.5. The van der Waals surface area contributed by atoms with Gasteiger partial charge in [-0.15, -0.1) is 11.6 Å². The van der Waals surface area contributed by atoms with Crippen LogP contribution in [-0.4, -0.2) is 18.8 Å². The van der Waals surface area contributed by atoms with Gasteiger partial charge in [0.1, 0.15) is 5.75 Å². The van der Waals surface area contributed by atoms with E-state index >= 15 is 0 Å². The highest BCUT2D eigenvalue weighted by Crippen LogP contribution is 2.33. The molecule has 0 aliphatic rings. The van der Waals surface area contributed by atoms with Crippen molar-refractivity contribution in [3.05, 3.63) is 27.2 Å². The Kier molecular flexibility index (Phi) is 4.81. The zero-order valence-electron chi connectivity index (χ0n) is 9.56. The predicted molar refractivity (Wildman–Crippen MR) is 69.8 cm³/mol. The number of Topliss-reactive ketones (excluding diaryl/α,β-unsaturated/α-hetero) is 1. The van der Waals surface area contributed by atoms with E-state index in [-0.39, 0.29) is 5.78 Å². The van der Waals surface area contributed by atoms with Crippen LogP contribution in [0.1, 0.15) is 27.9 Å². The smallest absolute Gasteiger partial charge is 0.168 e. The lowest BCUT2D eigenvalue weighted by Gasteiger charge is -2.14. The van der Waals surface area contributed by atoms with Gasteiger partial charge in [0.05, 0.1) is 12.7 Å². The zero-order chi connectivity index (χ0) is 12.3. The van der Waals surface area contributed by atoms with Crippen LogP contribution in [0, 0.1) is 13.8 Å². The molecule has 2 nitrogen and oxygen atoms in total. The molecule has 88 valence electrons. The Morgan fingerprint density at radius 1 is 1.50 bits per heavy atom. The molecule has 0 saturated heterocycles. The average Bonchev–Trinajstić information content (AvgIpc) is 2.23. The van der Waals surface area contributed by atoms with Crippen molar-refractivity contribution in [3.8, 4) is 5.75 Å². The van der Waals surface area contributed by atoms with Crippen LogP contribution in [0.25, 0.3) is 0 Å². The Hall–Kier alpha value is -0.540. The average molecular weight is 306 g/mol. The van der Waals surface area contributed by atoms with Crippen LogP contribution in [0.15, 0.2) is 10.5 Å². The summed E-state index contributed by atoms with van der Waals surface area (Å²) in [5, 5.41) is 0. The highest BCUT2D eigenvalue weighted by molar-refractivity contribution is 9.10. The van der Waals surface area contributed by atoms with Crippen LogP contribution in [0.3, 0.4) is 0 Å². The Labute approximate surface area is 109 Å². The number of benzene rings is 1. The topological polar surface area (TPSA) is 26.3 Å². The van der Waals surface area contributed by atoms with Crippen molar-refractivity contribution < 1.29 is 9.53 Å². The number of halogens is 2. The standard InChI is InChI=1S/C12H14BrClO2/c1-7-6-9(13)8(2)11(12(7)16-3)10(15)4-5-14/h6H,4-5H2,1-3H3. The molecule has 1 aromatic carbocycles. The van der Waals surface area contributed by atoms with Crippen molar-refractivity contribution in [2.24, 2.45) is 0 Å². The van der Waals surface area contributed by atoms with E-state index in [0.717, 1.165) is 15.6 Å². The maximum atomic E-state index is 12.0. The molecule has 0 atom stereocenters. The van der Waals surface area contributed by atoms with E-state index in [1.54, 1.807) is 7.11 Å². The third-order valence-corrected chi connectivity index (χ3v) is 3.48. The molecule has 0 spiro atoms. The second-order valence-corrected chi connectivity index (χ2v) is 4.80. The second kappa shape index (κ2) is 5.69. The normalized spacial score (nSPS) is 10.3. The van der Waals surface area contributed by atoms with E-state index in [9.17, 15) is 4.79 Å². The third kappa shape index (κ3) is 2.58. The Morgan fingerprint density at radius 3 is 2.62 bits per heavy atom. The van der Waals surface area contributed by atoms with E-state index < -0.39 is 0 Å². The van der Waals surface area contributed by atoms with Crippen LogP contribution >= 0.6 is 27.5 Å². The van der Waals surface area contributed by atoms with Crippen molar-refractivity contribution in [1.82, 2.24) is 0 Å². The molecule has 0 aliphatic carbocycles. The molecule has 0 aliphatic heterocycles. The van der Waals surface area contributed by atoms with E-state index in [2.05, 4.69) is 15.9 Å². The van der Waals surface area contributed by atoms with Gasteiger partial charge in [-0.2, -0.15) is 0 Å². The number of rotatable bonds is 4. The number of hydrogen-bond donors (Lipinski definition) is 0. The maximum Gasteiger partial charge on any atom is 0.168 e. The van der Waals surface area contributed by atoms with Crippen molar-refractivity contribution in [1.29, 1.82) is 0 Å². The lowest BCUT2D eigenvalue weighted by molar-refractivity contribution is 0.0985. The van der Waals surface area contributed by atoms with Crippen molar-refractivity contribution in [3.63, 3.8) is 0 Å². The fraction of sp³-hybridized carbons (Fsp3) is 0.417. The zero-order valence-corrected chi connectivity index (χ0v) is 11.9. The molecule has 0 bridgehead atoms. The first-order valence-corrected chi connectivity index (χ1v) is 6.28. The summed E-state index contributed by atoms with van der Waals surface area (Å²) in [6.07, 6.45) is 0.328. The van der Waals surface area contributed by atoms with Crippen LogP contribution in [-0.2, 0) is 0 Å². The second-order valence-electron chi connectivity index (χ2n) is 3.57. The first-order valence-electron chi connectivity index (χ1n) is 4.95. The molecule has 0 N–H and O–H groups in total. The first-order chi connectivity index (χ1) is 7.52. The van der Waals surface area contributed by atoms with Gasteiger partial charge < -0.3 is 4.74 Å². The number of ketones is 1. The summed E-state index contributed by atoms with van der Waals surface area (Å²) < 4.78 is 6.21. The molecule has 0 fully saturated rings. The summed E-state index contributed by atoms with van der Waals surface area (Å²) in [5.74, 6) is 0.997. The van der Waals surface area contributed by atoms with Crippen LogP contribution in [0.5, 0.6) is 5.75 Å². The summed E-state index contributed by atoms with van der Waals surface area (Å²) in [6, 6.07) is 1.95. The fourth-order valence-corrected chi connectivity index (χ4v) is 2.37. The minimum atomic E-state index is 0.0220. The molecule has 0 heterocycles. The number of alkyl halides is 1. The molecule has 0 saturated carbocycles. The predicted octanol–water partition coefficient (Wildman–Crippen LogP) is 3.89. The fourth-order valence-electron chi connectivity index (χ4n) is 1.66. The number of methoxy groups -OCH3 is 1. The monoisotopic (exact) mass is 304 g/mol. The summed E-state index contributed by atoms with van der Waals surface area (Å²) in [7, 11) is 1.58. The van der Waals surface area contributed by atoms with Gasteiger partial charge in [0.2, 0.25) is 0 Å². The largest absolute Gasteiger partial charge is 0.496 e. The van der Waals surface area contributed by atoms with Gasteiger partial charge in [0, 0.05) is 16.8 Å². The van der Waals surface area contributed by atoms with Gasteiger partial charge in [0.15, 0.2) is 5.78 Å². The highest BCUT2D eigenvalue weighted by Gasteiger charge is 2.18. The Balaban J connectivity index is 3.38. The van der Waals surface area contributed by atoms with E-state index in [1.807, 2.05) is 19.9 Å². The molecule has 4 heteroatoms. The van der Waals surface area contributed by atoms with Gasteiger partial charge in [-0.1, -0.05) is 15.9 Å². The third-order valence-electron chi connectivity index (χ3n) is 2.47. The van der Waals surface area contributed by atoms with Crippen LogP contribution in [0.2, 0.25) is 0 Å². The van der Waals surface area contributed by atoms with Crippen LogP contribution in [0.4, 0.5) is 0 Å². The molecule has 1 aromatic rings. The highest BCUT2D eigenvalue weighted by atomic mass is 79.9. The van der Waals surface area contributed by atoms with Gasteiger partial charge in [-0.3, -0.25) is 4.79 Å². The maximum absolute atomic E-state index is 12.0. The summed E-state index contributed by atoms with van der Waals surface area (Å²) in [6.45, 7) is 3.81. The Morgan fingerprint density at radius 2 is 2.12 bits per heavy atom. The van der Waals surface area contributed by atoms with E-state index in [0.29, 0.717) is 23.6 Å². The molecule has 0 unspecified atom stereocenters. The molecule has 0 aromatic heterocycles. The molecule has 1 rings (SSSR count). The van der Waals surface area contributed by atoms with Crippen molar-refractivity contribution in [2.75, 3.05) is 13.0 Å². The quantitative estimate of drug-likeness (QED) is 0.623. The minimum absolute atomic E-state index is 0.0220. The summed E-state index contributed by atoms with van der Waals surface area (Å²) >= 11 is 9.04. The molecular formula is C12H14BrClO2. The molecule has 0 radical (unpaired) electrons. The van der Waals surface area contributed by atoms with Gasteiger partial charge in [-0.25, -0.2) is 0 Å². The number of carbonyl (C=O) groups excluding carboxylic acids is 1. The van der Waals surface area contributed by atoms with Crippen LogP contribution < -0.4 is 4.74 Å². The number of aryl methyl sites for hydroxylation is 1. The summed E-state index contributed by atoms with van der Waals surface area (Å²) in [4.78, 5) is 12.0. The number of ether oxygens (including phenoxy) is 1. The molecule has 0 amide bonds. The molecule has 16 heavy (non-hydrogen) atoms. The Bertz CT molecular complexity index is 416.